The van der Waals surface area contributed by atoms with Gasteiger partial charge < -0.3 is 15.7 Å². The van der Waals surface area contributed by atoms with Gasteiger partial charge in [0.2, 0.25) is 5.91 Å². The summed E-state index contributed by atoms with van der Waals surface area (Å²) in [4.78, 5) is 11.9. The highest BCUT2D eigenvalue weighted by molar-refractivity contribution is 5.81. The van der Waals surface area contributed by atoms with Crippen LogP contribution in [0.4, 0.5) is 5.69 Å². The summed E-state index contributed by atoms with van der Waals surface area (Å²) in [6.07, 6.45) is 0.714. The number of nitriles is 1. The topological polar surface area (TPSA) is 85.2 Å². The van der Waals surface area contributed by atoms with E-state index < -0.39 is 0 Å². The van der Waals surface area contributed by atoms with Gasteiger partial charge in [-0.3, -0.25) is 4.79 Å². The molecule has 0 fully saturated rings. The van der Waals surface area contributed by atoms with Crippen LogP contribution in [0.25, 0.3) is 0 Å². The summed E-state index contributed by atoms with van der Waals surface area (Å²) in [5, 5.41) is 23.8. The van der Waals surface area contributed by atoms with Crippen LogP contribution in [-0.2, 0) is 4.79 Å². The van der Waals surface area contributed by atoms with Crippen LogP contribution < -0.4 is 10.6 Å². The summed E-state index contributed by atoms with van der Waals surface area (Å²) >= 11 is 0. The monoisotopic (exact) mass is 289 g/mol. The van der Waals surface area contributed by atoms with Crippen molar-refractivity contribution in [3.63, 3.8) is 0 Å². The zero-order valence-corrected chi connectivity index (χ0v) is 12.8. The number of nitrogens with zero attached hydrogens (tertiary/aromatic N) is 1. The quantitative estimate of drug-likeness (QED) is 0.746. The second-order valence-corrected chi connectivity index (χ2v) is 6.25. The molecule has 0 aliphatic heterocycles. The van der Waals surface area contributed by atoms with Crippen LogP contribution in [0.1, 0.15) is 32.8 Å². The maximum atomic E-state index is 11.9. The van der Waals surface area contributed by atoms with E-state index in [1.807, 2.05) is 6.07 Å². The lowest BCUT2D eigenvalue weighted by Gasteiger charge is -2.25. The summed E-state index contributed by atoms with van der Waals surface area (Å²) in [7, 11) is 0. The predicted octanol–water partition coefficient (Wildman–Crippen LogP) is 1.88. The molecule has 1 amide bonds. The van der Waals surface area contributed by atoms with Crippen molar-refractivity contribution in [2.75, 3.05) is 18.5 Å². The Labute approximate surface area is 126 Å². The fourth-order valence-electron chi connectivity index (χ4n) is 2.02. The fraction of sp³-hybridized carbons (Fsp3) is 0.500. The van der Waals surface area contributed by atoms with Crippen LogP contribution in [0.5, 0.6) is 0 Å². The largest absolute Gasteiger partial charge is 0.394 e. The summed E-state index contributed by atoms with van der Waals surface area (Å²) in [6, 6.07) is 8.69. The molecule has 21 heavy (non-hydrogen) atoms. The zero-order valence-electron chi connectivity index (χ0n) is 12.8. The average molecular weight is 289 g/mol. The summed E-state index contributed by atoms with van der Waals surface area (Å²) < 4.78 is 0. The number of benzene rings is 1. The fourth-order valence-corrected chi connectivity index (χ4v) is 2.02. The molecule has 114 valence electrons. The Hall–Kier alpha value is -2.06. The van der Waals surface area contributed by atoms with E-state index in [9.17, 15) is 9.90 Å². The van der Waals surface area contributed by atoms with E-state index >= 15 is 0 Å². The lowest BCUT2D eigenvalue weighted by Crippen LogP contribution is -2.42. The number of hydrogen-bond donors (Lipinski definition) is 3. The van der Waals surface area contributed by atoms with Crippen LogP contribution in [0.3, 0.4) is 0 Å². The molecule has 5 heteroatoms. The number of aliphatic hydroxyl groups is 1. The molecule has 5 nitrogen and oxygen atoms in total. The molecule has 0 spiro atoms. The Morgan fingerprint density at radius 1 is 1.33 bits per heavy atom. The molecular weight excluding hydrogens is 266 g/mol. The smallest absolute Gasteiger partial charge is 0.239 e. The van der Waals surface area contributed by atoms with Gasteiger partial charge in [0.1, 0.15) is 0 Å². The number of anilines is 1. The zero-order chi connectivity index (χ0) is 15.9. The van der Waals surface area contributed by atoms with Gasteiger partial charge in [-0.25, -0.2) is 0 Å². The first-order chi connectivity index (χ1) is 9.84. The van der Waals surface area contributed by atoms with Crippen LogP contribution in [0, 0.1) is 16.7 Å². The summed E-state index contributed by atoms with van der Waals surface area (Å²) in [5.41, 5.74) is 1.40. The van der Waals surface area contributed by atoms with E-state index in [1.54, 1.807) is 24.3 Å². The molecular formula is C16H23N3O2. The maximum absolute atomic E-state index is 11.9. The van der Waals surface area contributed by atoms with Crippen LogP contribution in [0.15, 0.2) is 24.3 Å². The van der Waals surface area contributed by atoms with Crippen molar-refractivity contribution in [3.05, 3.63) is 29.8 Å². The third-order valence-electron chi connectivity index (χ3n) is 2.91. The standard InChI is InChI=1S/C16H23N3O2/c1-16(2,3)8-14(11-20)19-15(21)10-18-13-6-4-12(9-17)5-7-13/h4-7,14,18,20H,8,10-11H2,1-3H3,(H,19,21). The Bertz CT molecular complexity index is 498. The van der Waals surface area contributed by atoms with Crippen molar-refractivity contribution >= 4 is 11.6 Å². The minimum absolute atomic E-state index is 0.0429. The molecule has 1 aromatic rings. The van der Waals surface area contributed by atoms with Crippen molar-refractivity contribution in [1.29, 1.82) is 5.26 Å². The number of amides is 1. The Balaban J connectivity index is 2.44. The normalized spacial score (nSPS) is 12.3. The maximum Gasteiger partial charge on any atom is 0.239 e. The first-order valence-corrected chi connectivity index (χ1v) is 6.98. The lowest BCUT2D eigenvalue weighted by molar-refractivity contribution is -0.120. The van der Waals surface area contributed by atoms with Gasteiger partial charge >= 0.3 is 0 Å². The number of hydrogen-bond acceptors (Lipinski definition) is 4. The molecule has 0 saturated carbocycles. The van der Waals surface area contributed by atoms with E-state index in [4.69, 9.17) is 5.26 Å². The Kier molecular flexibility index (Phi) is 6.19. The van der Waals surface area contributed by atoms with Gasteiger partial charge in [0.15, 0.2) is 0 Å². The Morgan fingerprint density at radius 2 is 1.95 bits per heavy atom. The van der Waals surface area contributed by atoms with Crippen molar-refractivity contribution in [1.82, 2.24) is 5.32 Å². The molecule has 0 aromatic heterocycles. The van der Waals surface area contributed by atoms with Crippen molar-refractivity contribution in [2.24, 2.45) is 5.41 Å². The summed E-state index contributed by atoms with van der Waals surface area (Å²) in [6.45, 7) is 6.26. The van der Waals surface area contributed by atoms with Crippen molar-refractivity contribution in [2.45, 2.75) is 33.2 Å². The van der Waals surface area contributed by atoms with Gasteiger partial charge in [-0.1, -0.05) is 20.8 Å². The first-order valence-electron chi connectivity index (χ1n) is 6.98. The molecule has 0 heterocycles. The van der Waals surface area contributed by atoms with Crippen LogP contribution >= 0.6 is 0 Å². The predicted molar refractivity (Wildman–Crippen MR) is 82.7 cm³/mol. The van der Waals surface area contributed by atoms with E-state index in [0.717, 1.165) is 5.69 Å². The molecule has 1 atom stereocenters. The minimum atomic E-state index is -0.236. The van der Waals surface area contributed by atoms with Gasteiger partial charge in [-0.15, -0.1) is 0 Å². The van der Waals surface area contributed by atoms with E-state index in [0.29, 0.717) is 12.0 Å². The third-order valence-corrected chi connectivity index (χ3v) is 2.91. The highest BCUT2D eigenvalue weighted by atomic mass is 16.3. The number of nitrogens with one attached hydrogen (secondary N) is 2. The second-order valence-electron chi connectivity index (χ2n) is 6.25. The van der Waals surface area contributed by atoms with E-state index in [2.05, 4.69) is 31.4 Å². The molecule has 1 aromatic carbocycles. The van der Waals surface area contributed by atoms with Gasteiger partial charge in [0, 0.05) is 5.69 Å². The third kappa shape index (κ3) is 6.77. The van der Waals surface area contributed by atoms with E-state index in [-0.39, 0.29) is 30.5 Å². The molecule has 0 aliphatic rings. The second kappa shape index (κ2) is 7.65. The number of carbonyl (C=O) groups is 1. The summed E-state index contributed by atoms with van der Waals surface area (Å²) in [5.74, 6) is -0.164. The number of aliphatic hydroxyl groups excluding tert-OH is 1. The molecule has 0 saturated heterocycles. The highest BCUT2D eigenvalue weighted by Gasteiger charge is 2.19. The van der Waals surface area contributed by atoms with Gasteiger partial charge in [0.25, 0.3) is 0 Å². The van der Waals surface area contributed by atoms with Crippen molar-refractivity contribution < 1.29 is 9.90 Å². The molecule has 1 rings (SSSR count). The van der Waals surface area contributed by atoms with Gasteiger partial charge in [-0.2, -0.15) is 5.26 Å². The minimum Gasteiger partial charge on any atom is -0.394 e. The lowest BCUT2D eigenvalue weighted by atomic mass is 9.88. The van der Waals surface area contributed by atoms with Crippen LogP contribution in [-0.4, -0.2) is 30.2 Å². The van der Waals surface area contributed by atoms with E-state index in [1.165, 1.54) is 0 Å². The number of rotatable bonds is 6. The van der Waals surface area contributed by atoms with Gasteiger partial charge in [0.05, 0.1) is 30.8 Å². The SMILES string of the molecule is CC(C)(C)CC(CO)NC(=O)CNc1ccc(C#N)cc1. The number of carbonyl (C=O) groups excluding carboxylic acids is 1. The van der Waals surface area contributed by atoms with Crippen molar-refractivity contribution in [3.8, 4) is 6.07 Å². The molecule has 0 bridgehead atoms. The average Bonchev–Trinajstić information content (AvgIpc) is 2.43. The van der Waals surface area contributed by atoms with Crippen LogP contribution in [0.2, 0.25) is 0 Å². The molecule has 0 radical (unpaired) electrons. The van der Waals surface area contributed by atoms with Gasteiger partial charge in [-0.05, 0) is 36.1 Å². The molecule has 3 N–H and O–H groups in total. The Morgan fingerprint density at radius 3 is 2.43 bits per heavy atom. The molecule has 1 unspecified atom stereocenters. The highest BCUT2D eigenvalue weighted by Crippen LogP contribution is 2.20. The molecule has 0 aliphatic carbocycles. The first kappa shape index (κ1) is 17.0.